The summed E-state index contributed by atoms with van der Waals surface area (Å²) in [5.74, 6) is 0.848. The van der Waals surface area contributed by atoms with Gasteiger partial charge >= 0.3 is 0 Å². The number of hydrogen-bond donors (Lipinski definition) is 1. The Morgan fingerprint density at radius 2 is 1.92 bits per heavy atom. The number of aryl methyl sites for hydroxylation is 2. The van der Waals surface area contributed by atoms with Gasteiger partial charge in [0.05, 0.1) is 10.6 Å². The first-order valence-electron chi connectivity index (χ1n) is 8.58. The lowest BCUT2D eigenvalue weighted by Crippen LogP contribution is -2.15. The number of nitrogens with one attached hydrogen (secondary N) is 1. The van der Waals surface area contributed by atoms with Gasteiger partial charge in [0.1, 0.15) is 5.82 Å². The molecule has 0 spiro atoms. The third-order valence-electron chi connectivity index (χ3n) is 4.09. The maximum absolute atomic E-state index is 12.8. The highest BCUT2D eigenvalue weighted by Gasteiger charge is 2.23. The monoisotopic (exact) mass is 369 g/mol. The molecule has 0 atom stereocenters. The number of anilines is 1. The van der Waals surface area contributed by atoms with Crippen LogP contribution in [0.4, 0.5) is 5.82 Å². The summed E-state index contributed by atoms with van der Waals surface area (Å²) in [6, 6.07) is 5.59. The van der Waals surface area contributed by atoms with E-state index < -0.39 is 0 Å². The minimum absolute atomic E-state index is 0.143. The summed E-state index contributed by atoms with van der Waals surface area (Å²) in [5, 5.41) is 7.59. The van der Waals surface area contributed by atoms with Gasteiger partial charge in [0, 0.05) is 28.8 Å². The molecule has 0 aliphatic rings. The average Bonchev–Trinajstić information content (AvgIpc) is 3.19. The van der Waals surface area contributed by atoms with Crippen molar-refractivity contribution in [2.75, 3.05) is 5.32 Å². The van der Waals surface area contributed by atoms with Crippen LogP contribution >= 0.6 is 11.3 Å². The zero-order valence-electron chi connectivity index (χ0n) is 15.7. The van der Waals surface area contributed by atoms with Crippen molar-refractivity contribution in [2.45, 2.75) is 46.5 Å². The molecular formula is C19H23N5OS. The lowest BCUT2D eigenvalue weighted by molar-refractivity contribution is 0.102. The molecule has 0 radical (unpaired) electrons. The van der Waals surface area contributed by atoms with Crippen LogP contribution in [0.25, 0.3) is 5.95 Å². The first-order chi connectivity index (χ1) is 12.3. The summed E-state index contributed by atoms with van der Waals surface area (Å²) >= 11 is 1.51. The molecule has 0 bridgehead atoms. The molecular weight excluding hydrogens is 346 g/mol. The van der Waals surface area contributed by atoms with E-state index in [0.29, 0.717) is 16.6 Å². The third kappa shape index (κ3) is 3.67. The molecule has 3 rings (SSSR count). The fourth-order valence-corrected chi connectivity index (χ4v) is 3.56. The Bertz CT molecular complexity index is 921. The van der Waals surface area contributed by atoms with Crippen molar-refractivity contribution in [3.05, 3.63) is 51.6 Å². The van der Waals surface area contributed by atoms with Crippen molar-refractivity contribution >= 4 is 23.1 Å². The molecule has 3 aromatic heterocycles. The van der Waals surface area contributed by atoms with Crippen LogP contribution in [0, 0.1) is 6.92 Å². The molecule has 3 aromatic rings. The van der Waals surface area contributed by atoms with Crippen molar-refractivity contribution in [2.24, 2.45) is 0 Å². The van der Waals surface area contributed by atoms with Gasteiger partial charge in [-0.15, -0.1) is 11.3 Å². The van der Waals surface area contributed by atoms with Crippen LogP contribution in [0.2, 0.25) is 0 Å². The predicted octanol–water partition coefficient (Wildman–Crippen LogP) is 4.14. The van der Waals surface area contributed by atoms with E-state index in [-0.39, 0.29) is 11.3 Å². The van der Waals surface area contributed by atoms with E-state index in [1.807, 2.05) is 19.1 Å². The van der Waals surface area contributed by atoms with Gasteiger partial charge in [-0.25, -0.2) is 9.97 Å². The minimum Gasteiger partial charge on any atom is -0.306 e. The molecule has 0 unspecified atom stereocenters. The van der Waals surface area contributed by atoms with Crippen LogP contribution < -0.4 is 5.32 Å². The second kappa shape index (κ2) is 6.99. The molecule has 1 amide bonds. The number of aromatic nitrogens is 4. The van der Waals surface area contributed by atoms with E-state index in [0.717, 1.165) is 12.1 Å². The normalized spacial score (nSPS) is 11.6. The van der Waals surface area contributed by atoms with Gasteiger partial charge in [-0.2, -0.15) is 9.78 Å². The Morgan fingerprint density at radius 3 is 2.50 bits per heavy atom. The number of nitrogens with zero attached hydrogens (tertiary/aromatic N) is 4. The summed E-state index contributed by atoms with van der Waals surface area (Å²) in [5.41, 5.74) is 1.90. The largest absolute Gasteiger partial charge is 0.306 e. The topological polar surface area (TPSA) is 72.7 Å². The van der Waals surface area contributed by atoms with Gasteiger partial charge in [-0.3, -0.25) is 4.79 Å². The van der Waals surface area contributed by atoms with Crippen LogP contribution in [0.5, 0.6) is 0 Å². The number of carbonyl (C=O) groups is 1. The second-order valence-corrected chi connectivity index (χ2v) is 8.38. The Hall–Kier alpha value is -2.54. The molecule has 0 aromatic carbocycles. The Morgan fingerprint density at radius 1 is 1.23 bits per heavy atom. The molecule has 3 heterocycles. The Labute approximate surface area is 157 Å². The Balaban J connectivity index is 1.98. The zero-order chi connectivity index (χ0) is 18.9. The number of carbonyl (C=O) groups excluding carboxylic acids is 1. The van der Waals surface area contributed by atoms with Crippen LogP contribution in [0.1, 0.15) is 53.5 Å². The molecule has 0 saturated carbocycles. The SMILES string of the molecule is CCc1cc(C(=O)Nc2cc(C(C)(C)C)nn2-c2ncccn2)sc1C. The fourth-order valence-electron chi connectivity index (χ4n) is 2.55. The van der Waals surface area contributed by atoms with Crippen molar-refractivity contribution in [3.8, 4) is 5.95 Å². The van der Waals surface area contributed by atoms with Gasteiger partial charge in [0.25, 0.3) is 11.9 Å². The van der Waals surface area contributed by atoms with E-state index in [9.17, 15) is 4.79 Å². The first kappa shape index (κ1) is 18.3. The summed E-state index contributed by atoms with van der Waals surface area (Å²) in [6.45, 7) is 10.4. The second-order valence-electron chi connectivity index (χ2n) is 7.13. The molecule has 6 nitrogen and oxygen atoms in total. The number of amides is 1. The standard InChI is InChI=1S/C19H23N5OS/c1-6-13-10-14(26-12(13)2)17(25)22-16-11-15(19(3,4)5)23-24(16)18-20-8-7-9-21-18/h7-11H,6H2,1-5H3,(H,22,25). The molecule has 0 fully saturated rings. The minimum atomic E-state index is -0.158. The van der Waals surface area contributed by atoms with Crippen molar-refractivity contribution < 1.29 is 4.79 Å². The van der Waals surface area contributed by atoms with E-state index in [1.54, 1.807) is 23.1 Å². The van der Waals surface area contributed by atoms with E-state index >= 15 is 0 Å². The maximum Gasteiger partial charge on any atom is 0.266 e. The predicted molar refractivity (Wildman–Crippen MR) is 104 cm³/mol. The first-order valence-corrected chi connectivity index (χ1v) is 9.40. The number of hydrogen-bond acceptors (Lipinski definition) is 5. The smallest absolute Gasteiger partial charge is 0.266 e. The van der Waals surface area contributed by atoms with Gasteiger partial charge in [-0.05, 0) is 31.0 Å². The van der Waals surface area contributed by atoms with Crippen molar-refractivity contribution in [1.82, 2.24) is 19.7 Å². The van der Waals surface area contributed by atoms with Crippen LogP contribution in [-0.2, 0) is 11.8 Å². The molecule has 1 N–H and O–H groups in total. The van der Waals surface area contributed by atoms with E-state index in [2.05, 4.69) is 48.1 Å². The van der Waals surface area contributed by atoms with E-state index in [1.165, 1.54) is 21.8 Å². The molecule has 26 heavy (non-hydrogen) atoms. The third-order valence-corrected chi connectivity index (χ3v) is 5.18. The number of thiophene rings is 1. The lowest BCUT2D eigenvalue weighted by atomic mass is 9.92. The lowest BCUT2D eigenvalue weighted by Gasteiger charge is -2.13. The highest BCUT2D eigenvalue weighted by atomic mass is 32.1. The quantitative estimate of drug-likeness (QED) is 0.750. The van der Waals surface area contributed by atoms with Crippen LogP contribution in [0.15, 0.2) is 30.6 Å². The van der Waals surface area contributed by atoms with Gasteiger partial charge in [-0.1, -0.05) is 27.7 Å². The van der Waals surface area contributed by atoms with Crippen molar-refractivity contribution in [1.29, 1.82) is 0 Å². The summed E-state index contributed by atoms with van der Waals surface area (Å²) < 4.78 is 1.58. The highest BCUT2D eigenvalue weighted by Crippen LogP contribution is 2.27. The van der Waals surface area contributed by atoms with Crippen LogP contribution in [0.3, 0.4) is 0 Å². The average molecular weight is 369 g/mol. The van der Waals surface area contributed by atoms with Gasteiger partial charge in [0.2, 0.25) is 0 Å². The van der Waals surface area contributed by atoms with Crippen LogP contribution in [-0.4, -0.2) is 25.7 Å². The Kier molecular flexibility index (Phi) is 4.91. The summed E-state index contributed by atoms with van der Waals surface area (Å²) in [7, 11) is 0. The summed E-state index contributed by atoms with van der Waals surface area (Å²) in [4.78, 5) is 23.1. The van der Waals surface area contributed by atoms with E-state index in [4.69, 9.17) is 0 Å². The fraction of sp³-hybridized carbons (Fsp3) is 0.368. The zero-order valence-corrected chi connectivity index (χ0v) is 16.5. The molecule has 0 aliphatic heterocycles. The molecule has 0 saturated heterocycles. The summed E-state index contributed by atoms with van der Waals surface area (Å²) in [6.07, 6.45) is 4.23. The maximum atomic E-state index is 12.8. The van der Waals surface area contributed by atoms with Crippen molar-refractivity contribution in [3.63, 3.8) is 0 Å². The molecule has 0 aliphatic carbocycles. The molecule has 7 heteroatoms. The molecule has 136 valence electrons. The van der Waals surface area contributed by atoms with Gasteiger partial charge < -0.3 is 5.32 Å². The number of rotatable bonds is 4. The van der Waals surface area contributed by atoms with Gasteiger partial charge in [0.15, 0.2) is 0 Å². The highest BCUT2D eigenvalue weighted by molar-refractivity contribution is 7.14.